The van der Waals surface area contributed by atoms with Crippen LogP contribution < -0.4 is 0 Å². The van der Waals surface area contributed by atoms with Crippen LogP contribution in [0, 0.1) is 5.92 Å². The molecule has 0 amide bonds. The fourth-order valence-corrected chi connectivity index (χ4v) is 6.01. The smallest absolute Gasteiger partial charge is 0.303 e. The van der Waals surface area contributed by atoms with Crippen LogP contribution in [0.2, 0.25) is 0 Å². The molecule has 0 aliphatic rings. The first-order valence-electron chi connectivity index (χ1n) is 18.1. The number of aliphatic carboxylic acids is 2. The van der Waals surface area contributed by atoms with Gasteiger partial charge in [0.25, 0.3) is 0 Å². The topological polar surface area (TPSA) is 83.8 Å². The molecular formula is C38H66O5. The summed E-state index contributed by atoms with van der Waals surface area (Å²) in [5.41, 5.74) is 1.26. The molecule has 5 nitrogen and oxygen atoms in total. The SMILES string of the molecule is O=C(O)CCCCCCCCCCCCCCC(CCCCCCCCCCCCCC(=O)O)COCc1ccccc1. The van der Waals surface area contributed by atoms with E-state index in [0.29, 0.717) is 18.8 Å². The molecular weight excluding hydrogens is 536 g/mol. The summed E-state index contributed by atoms with van der Waals surface area (Å²) in [6, 6.07) is 10.5. The second kappa shape index (κ2) is 30.2. The summed E-state index contributed by atoms with van der Waals surface area (Å²) in [6.07, 6.45) is 31.9. The van der Waals surface area contributed by atoms with Gasteiger partial charge in [-0.3, -0.25) is 9.59 Å². The van der Waals surface area contributed by atoms with Gasteiger partial charge in [-0.25, -0.2) is 0 Å². The highest BCUT2D eigenvalue weighted by molar-refractivity contribution is 5.66. The van der Waals surface area contributed by atoms with Crippen molar-refractivity contribution in [1.82, 2.24) is 0 Å². The molecule has 0 spiro atoms. The third-order valence-corrected chi connectivity index (χ3v) is 8.72. The molecule has 1 aromatic rings. The van der Waals surface area contributed by atoms with Crippen molar-refractivity contribution in [2.24, 2.45) is 5.92 Å². The lowest BCUT2D eigenvalue weighted by molar-refractivity contribution is -0.138. The molecule has 1 rings (SSSR count). The van der Waals surface area contributed by atoms with E-state index < -0.39 is 11.9 Å². The standard InChI is InChI=1S/C38H66O5/c39-37(40)31-25-18-14-10-6-2-1-4-8-12-16-21-27-35(33-43-34-36-29-23-20-24-30-36)28-22-17-13-9-5-3-7-11-15-19-26-32-38(41)42/h20,23-24,29-30,35H,1-19,21-22,25-28,31-34H2,(H,39,40)(H,41,42). The highest BCUT2D eigenvalue weighted by atomic mass is 16.5. The lowest BCUT2D eigenvalue weighted by Gasteiger charge is -2.17. The highest BCUT2D eigenvalue weighted by Gasteiger charge is 2.10. The van der Waals surface area contributed by atoms with Gasteiger partial charge < -0.3 is 14.9 Å². The van der Waals surface area contributed by atoms with Gasteiger partial charge in [0.1, 0.15) is 0 Å². The first-order chi connectivity index (χ1) is 21.1. The molecule has 1 atom stereocenters. The fraction of sp³-hybridized carbons (Fsp3) is 0.789. The molecule has 0 radical (unpaired) electrons. The van der Waals surface area contributed by atoms with Gasteiger partial charge in [0.15, 0.2) is 0 Å². The molecule has 0 saturated heterocycles. The van der Waals surface area contributed by atoms with Crippen LogP contribution in [0.25, 0.3) is 0 Å². The summed E-state index contributed by atoms with van der Waals surface area (Å²) in [5.74, 6) is -0.651. The molecule has 1 unspecified atom stereocenters. The monoisotopic (exact) mass is 602 g/mol. The van der Waals surface area contributed by atoms with Crippen LogP contribution in [0.4, 0.5) is 0 Å². The van der Waals surface area contributed by atoms with E-state index in [1.165, 1.54) is 140 Å². The quantitative estimate of drug-likeness (QED) is 0.0782. The molecule has 0 aromatic heterocycles. The van der Waals surface area contributed by atoms with Gasteiger partial charge in [-0.1, -0.05) is 165 Å². The average molecular weight is 603 g/mol. The molecule has 0 saturated carbocycles. The predicted octanol–water partition coefficient (Wildman–Crippen LogP) is 11.5. The van der Waals surface area contributed by atoms with Crippen LogP contribution in [-0.2, 0) is 20.9 Å². The largest absolute Gasteiger partial charge is 0.481 e. The minimum absolute atomic E-state index is 0.322. The summed E-state index contributed by atoms with van der Waals surface area (Å²) in [4.78, 5) is 21.1. The fourth-order valence-electron chi connectivity index (χ4n) is 6.01. The second-order valence-electron chi connectivity index (χ2n) is 12.9. The van der Waals surface area contributed by atoms with Crippen molar-refractivity contribution in [3.8, 4) is 0 Å². The van der Waals surface area contributed by atoms with E-state index in [9.17, 15) is 9.59 Å². The summed E-state index contributed by atoms with van der Waals surface area (Å²) in [6.45, 7) is 1.61. The third kappa shape index (κ3) is 28.6. The van der Waals surface area contributed by atoms with Crippen LogP contribution in [0.15, 0.2) is 30.3 Å². The summed E-state index contributed by atoms with van der Waals surface area (Å²) in [7, 11) is 0. The maximum atomic E-state index is 10.6. The minimum atomic E-state index is -0.667. The van der Waals surface area contributed by atoms with E-state index in [2.05, 4.69) is 30.3 Å². The third-order valence-electron chi connectivity index (χ3n) is 8.72. The number of hydrogen-bond acceptors (Lipinski definition) is 3. The van der Waals surface area contributed by atoms with Crippen LogP contribution in [0.5, 0.6) is 0 Å². The molecule has 0 aliphatic carbocycles. The Kier molecular flexibility index (Phi) is 27.5. The predicted molar refractivity (Wildman–Crippen MR) is 180 cm³/mol. The first kappa shape index (κ1) is 39.1. The van der Waals surface area contributed by atoms with Gasteiger partial charge in [-0.2, -0.15) is 0 Å². The Morgan fingerprint density at radius 2 is 0.814 bits per heavy atom. The molecule has 0 heterocycles. The van der Waals surface area contributed by atoms with Crippen molar-refractivity contribution in [2.45, 2.75) is 180 Å². The molecule has 1 aromatic carbocycles. The van der Waals surface area contributed by atoms with Gasteiger partial charge in [0.05, 0.1) is 6.61 Å². The zero-order valence-corrected chi connectivity index (χ0v) is 27.6. The van der Waals surface area contributed by atoms with E-state index in [-0.39, 0.29) is 0 Å². The Labute approximate surface area is 264 Å². The van der Waals surface area contributed by atoms with Crippen molar-refractivity contribution in [2.75, 3.05) is 6.61 Å². The maximum Gasteiger partial charge on any atom is 0.303 e. The number of ether oxygens (including phenoxy) is 1. The summed E-state index contributed by atoms with van der Waals surface area (Å²) in [5, 5.41) is 17.4. The summed E-state index contributed by atoms with van der Waals surface area (Å²) >= 11 is 0. The van der Waals surface area contributed by atoms with Gasteiger partial charge in [-0.15, -0.1) is 0 Å². The Morgan fingerprint density at radius 3 is 1.16 bits per heavy atom. The molecule has 43 heavy (non-hydrogen) atoms. The lowest BCUT2D eigenvalue weighted by Crippen LogP contribution is -2.10. The number of rotatable bonds is 33. The molecule has 0 aliphatic heterocycles. The number of carboxylic acid groups (broad SMARTS) is 2. The van der Waals surface area contributed by atoms with Crippen molar-refractivity contribution < 1.29 is 24.5 Å². The zero-order valence-electron chi connectivity index (χ0n) is 27.6. The molecule has 2 N–H and O–H groups in total. The lowest BCUT2D eigenvalue weighted by atomic mass is 9.94. The number of unbranched alkanes of at least 4 members (excludes halogenated alkanes) is 21. The minimum Gasteiger partial charge on any atom is -0.481 e. The van der Waals surface area contributed by atoms with Crippen LogP contribution in [-0.4, -0.2) is 28.8 Å². The van der Waals surface area contributed by atoms with Crippen molar-refractivity contribution in [3.63, 3.8) is 0 Å². The Morgan fingerprint density at radius 1 is 0.488 bits per heavy atom. The number of carbonyl (C=O) groups is 2. The van der Waals surface area contributed by atoms with E-state index in [1.807, 2.05) is 0 Å². The Balaban J connectivity index is 2.06. The van der Waals surface area contributed by atoms with Crippen molar-refractivity contribution in [1.29, 1.82) is 0 Å². The van der Waals surface area contributed by atoms with Crippen LogP contribution in [0.3, 0.4) is 0 Å². The van der Waals surface area contributed by atoms with E-state index >= 15 is 0 Å². The molecule has 0 fully saturated rings. The van der Waals surface area contributed by atoms with E-state index in [1.54, 1.807) is 0 Å². The van der Waals surface area contributed by atoms with E-state index in [4.69, 9.17) is 14.9 Å². The number of carboxylic acids is 2. The molecule has 5 heteroatoms. The van der Waals surface area contributed by atoms with E-state index in [0.717, 1.165) is 38.9 Å². The van der Waals surface area contributed by atoms with Crippen molar-refractivity contribution >= 4 is 11.9 Å². The molecule has 0 bridgehead atoms. The normalized spacial score (nSPS) is 12.0. The molecule has 248 valence electrons. The highest BCUT2D eigenvalue weighted by Crippen LogP contribution is 2.21. The number of benzene rings is 1. The van der Waals surface area contributed by atoms with Crippen LogP contribution in [0.1, 0.15) is 179 Å². The van der Waals surface area contributed by atoms with Gasteiger partial charge in [0.2, 0.25) is 0 Å². The second-order valence-corrected chi connectivity index (χ2v) is 12.9. The summed E-state index contributed by atoms with van der Waals surface area (Å²) < 4.78 is 6.17. The zero-order chi connectivity index (χ0) is 31.1. The maximum absolute atomic E-state index is 10.6. The Bertz CT molecular complexity index is 750. The van der Waals surface area contributed by atoms with Gasteiger partial charge >= 0.3 is 11.9 Å². The van der Waals surface area contributed by atoms with Crippen LogP contribution >= 0.6 is 0 Å². The number of hydrogen-bond donors (Lipinski definition) is 2. The van der Waals surface area contributed by atoms with Crippen molar-refractivity contribution in [3.05, 3.63) is 35.9 Å². The Hall–Kier alpha value is -1.88. The van der Waals surface area contributed by atoms with Gasteiger partial charge in [0, 0.05) is 19.4 Å². The van der Waals surface area contributed by atoms with Gasteiger partial charge in [-0.05, 0) is 37.2 Å². The average Bonchev–Trinajstić information content (AvgIpc) is 2.99. The first-order valence-corrected chi connectivity index (χ1v) is 18.1.